The van der Waals surface area contributed by atoms with E-state index in [4.69, 9.17) is 4.74 Å². The topological polar surface area (TPSA) is 24.8 Å². The second-order valence-electron chi connectivity index (χ2n) is 13.8. The molecule has 2 unspecified atom stereocenters. The summed E-state index contributed by atoms with van der Waals surface area (Å²) in [5, 5.41) is 0. The van der Waals surface area contributed by atoms with Gasteiger partial charge in [0.1, 0.15) is 5.75 Å². The Hall–Kier alpha value is -2.29. The largest absolute Gasteiger partial charge is 0.497 e. The van der Waals surface area contributed by atoms with Gasteiger partial charge in [0.2, 0.25) is 0 Å². The van der Waals surface area contributed by atoms with Gasteiger partial charge in [-0.15, -0.1) is 0 Å². The van der Waals surface area contributed by atoms with E-state index in [9.17, 15) is 0 Å². The van der Waals surface area contributed by atoms with Crippen molar-refractivity contribution < 1.29 is 4.74 Å². The minimum Gasteiger partial charge on any atom is -0.497 e. The molecule has 212 valence electrons. The second kappa shape index (κ2) is 11.8. The fraction of sp³-hybridized carbons (Fsp3) is 0.629. The van der Waals surface area contributed by atoms with Crippen LogP contribution in [0.4, 0.5) is 0 Å². The predicted octanol–water partition coefficient (Wildman–Crippen LogP) is 9.06. The average molecular weight is 521 g/mol. The van der Waals surface area contributed by atoms with Crippen LogP contribution >= 0.6 is 0 Å². The summed E-state index contributed by atoms with van der Waals surface area (Å²) < 4.78 is 5.49. The molecule has 3 nitrogen and oxygen atoms in total. The van der Waals surface area contributed by atoms with E-state index in [-0.39, 0.29) is 34.5 Å². The van der Waals surface area contributed by atoms with Gasteiger partial charge < -0.3 is 9.64 Å². The molecule has 3 rings (SSSR count). The Morgan fingerprint density at radius 2 is 1.45 bits per heavy atom. The number of nitrogens with zero attached hydrogens (tertiary/aromatic N) is 2. The van der Waals surface area contributed by atoms with Gasteiger partial charge >= 0.3 is 0 Å². The van der Waals surface area contributed by atoms with E-state index >= 15 is 0 Å². The quantitative estimate of drug-likeness (QED) is 0.295. The standard InChI is InChI=1S/C34H52N2O.CH4/c1-30(2,3)32(6,7)34(9,28-15-12-11-13-16-28)33(8,25-27-17-19-29(37-10)20-18-27)31(4,5)21-14-23-36-24-22-35-26-36;/h11-13,15-20,26H,14,21-25H2,1-10H3;1H4. The van der Waals surface area contributed by atoms with Crippen LogP contribution in [0.25, 0.3) is 0 Å². The smallest absolute Gasteiger partial charge is 0.118 e. The molecule has 2 aromatic carbocycles. The van der Waals surface area contributed by atoms with Crippen LogP contribution in [0.3, 0.4) is 0 Å². The molecular weight excluding hydrogens is 464 g/mol. The molecule has 0 saturated heterocycles. The number of rotatable bonds is 11. The Bertz CT molecular complexity index is 1030. The fourth-order valence-corrected chi connectivity index (χ4v) is 6.72. The Morgan fingerprint density at radius 3 is 1.95 bits per heavy atom. The van der Waals surface area contributed by atoms with Crippen molar-refractivity contribution in [3.8, 4) is 5.75 Å². The SMILES string of the molecule is C.COc1ccc(CC(C)(C(C)(C)CCCN2C=NCC2)C(C)(c2ccccc2)C(C)(C)C(C)(C)C)cc1. The molecule has 0 N–H and O–H groups in total. The number of benzene rings is 2. The first-order chi connectivity index (χ1) is 17.2. The van der Waals surface area contributed by atoms with E-state index in [1.54, 1.807) is 7.11 Å². The van der Waals surface area contributed by atoms with Crippen LogP contribution in [-0.2, 0) is 11.8 Å². The Kier molecular flexibility index (Phi) is 9.95. The van der Waals surface area contributed by atoms with Crippen molar-refractivity contribution in [2.75, 3.05) is 26.7 Å². The minimum absolute atomic E-state index is 0. The summed E-state index contributed by atoms with van der Waals surface area (Å²) in [6, 6.07) is 20.1. The van der Waals surface area contributed by atoms with Crippen LogP contribution in [0.2, 0.25) is 0 Å². The summed E-state index contributed by atoms with van der Waals surface area (Å²) in [5.41, 5.74) is 2.81. The van der Waals surface area contributed by atoms with Crippen LogP contribution < -0.4 is 4.74 Å². The van der Waals surface area contributed by atoms with Gasteiger partial charge in [0.05, 0.1) is 20.0 Å². The summed E-state index contributed by atoms with van der Waals surface area (Å²) in [5.74, 6) is 0.915. The molecule has 2 atom stereocenters. The first-order valence-electron chi connectivity index (χ1n) is 14.1. The van der Waals surface area contributed by atoms with Gasteiger partial charge in [-0.25, -0.2) is 0 Å². The highest BCUT2D eigenvalue weighted by Gasteiger charge is 2.62. The lowest BCUT2D eigenvalue weighted by Crippen LogP contribution is -2.62. The van der Waals surface area contributed by atoms with Gasteiger partial charge in [0.15, 0.2) is 0 Å². The monoisotopic (exact) mass is 520 g/mol. The maximum atomic E-state index is 5.49. The third-order valence-corrected chi connectivity index (χ3v) is 10.8. The maximum absolute atomic E-state index is 5.49. The molecule has 1 heterocycles. The van der Waals surface area contributed by atoms with Gasteiger partial charge in [-0.2, -0.15) is 0 Å². The molecule has 0 aromatic heterocycles. The highest BCUT2D eigenvalue weighted by molar-refractivity contribution is 5.56. The van der Waals surface area contributed by atoms with Gasteiger partial charge in [-0.05, 0) is 64.2 Å². The van der Waals surface area contributed by atoms with E-state index < -0.39 is 0 Å². The average Bonchev–Trinajstić information content (AvgIpc) is 3.37. The Balaban J connectivity index is 0.00000507. The molecule has 0 bridgehead atoms. The van der Waals surface area contributed by atoms with Gasteiger partial charge in [-0.3, -0.25) is 4.99 Å². The number of hydrogen-bond donors (Lipinski definition) is 0. The summed E-state index contributed by atoms with van der Waals surface area (Å²) in [4.78, 5) is 6.81. The minimum atomic E-state index is -0.113. The van der Waals surface area contributed by atoms with Crippen LogP contribution in [-0.4, -0.2) is 38.0 Å². The fourth-order valence-electron chi connectivity index (χ4n) is 6.72. The van der Waals surface area contributed by atoms with E-state index in [1.807, 2.05) is 6.34 Å². The van der Waals surface area contributed by atoms with Crippen LogP contribution in [0.5, 0.6) is 5.75 Å². The third kappa shape index (κ3) is 5.82. The molecular formula is C35H56N2O. The zero-order chi connectivity index (χ0) is 27.5. The van der Waals surface area contributed by atoms with Crippen LogP contribution in [0.15, 0.2) is 59.6 Å². The number of aliphatic imine (C=N–C) groups is 1. The Labute approximate surface area is 235 Å². The first-order valence-corrected chi connectivity index (χ1v) is 14.1. The zero-order valence-corrected chi connectivity index (χ0v) is 25.3. The number of hydrogen-bond acceptors (Lipinski definition) is 3. The van der Waals surface area contributed by atoms with E-state index in [2.05, 4.69) is 127 Å². The van der Waals surface area contributed by atoms with Gasteiger partial charge in [0, 0.05) is 18.5 Å². The number of ether oxygens (including phenoxy) is 1. The summed E-state index contributed by atoms with van der Waals surface area (Å²) in [7, 11) is 1.74. The molecule has 38 heavy (non-hydrogen) atoms. The third-order valence-electron chi connectivity index (χ3n) is 10.8. The van der Waals surface area contributed by atoms with Crippen LogP contribution in [0, 0.1) is 21.7 Å². The highest BCUT2D eigenvalue weighted by Crippen LogP contribution is 2.66. The van der Waals surface area contributed by atoms with Crippen molar-refractivity contribution in [2.45, 2.75) is 94.4 Å². The molecule has 1 aliphatic rings. The van der Waals surface area contributed by atoms with Crippen molar-refractivity contribution in [3.63, 3.8) is 0 Å². The molecule has 0 radical (unpaired) electrons. The summed E-state index contributed by atoms with van der Waals surface area (Å²) in [6.07, 6.45) is 5.37. The molecule has 1 aliphatic heterocycles. The summed E-state index contributed by atoms with van der Waals surface area (Å²) >= 11 is 0. The lowest BCUT2D eigenvalue weighted by molar-refractivity contribution is -0.107. The second-order valence-corrected chi connectivity index (χ2v) is 13.8. The molecule has 2 aromatic rings. The van der Waals surface area contributed by atoms with Gasteiger partial charge in [0.25, 0.3) is 0 Å². The van der Waals surface area contributed by atoms with Gasteiger partial charge in [-0.1, -0.05) is 112 Å². The lowest BCUT2D eigenvalue weighted by atomic mass is 9.38. The van der Waals surface area contributed by atoms with Crippen molar-refractivity contribution in [2.24, 2.45) is 26.7 Å². The normalized spacial score (nSPS) is 17.5. The Morgan fingerprint density at radius 1 is 0.842 bits per heavy atom. The molecule has 0 spiro atoms. The zero-order valence-electron chi connectivity index (χ0n) is 25.3. The van der Waals surface area contributed by atoms with Crippen molar-refractivity contribution in [1.29, 1.82) is 0 Å². The van der Waals surface area contributed by atoms with E-state index in [1.165, 1.54) is 11.1 Å². The van der Waals surface area contributed by atoms with E-state index in [0.29, 0.717) is 0 Å². The summed E-state index contributed by atoms with van der Waals surface area (Å²) in [6.45, 7) is 25.5. The maximum Gasteiger partial charge on any atom is 0.118 e. The molecule has 0 amide bonds. The van der Waals surface area contributed by atoms with Crippen molar-refractivity contribution >= 4 is 6.34 Å². The first kappa shape index (κ1) is 31.9. The molecule has 0 saturated carbocycles. The molecule has 0 aliphatic carbocycles. The van der Waals surface area contributed by atoms with Crippen LogP contribution in [0.1, 0.15) is 93.7 Å². The van der Waals surface area contributed by atoms with Crippen molar-refractivity contribution in [1.82, 2.24) is 4.90 Å². The molecule has 3 heteroatoms. The predicted molar refractivity (Wildman–Crippen MR) is 167 cm³/mol. The molecule has 0 fully saturated rings. The van der Waals surface area contributed by atoms with Crippen molar-refractivity contribution in [3.05, 3.63) is 65.7 Å². The van der Waals surface area contributed by atoms with E-state index in [0.717, 1.165) is 44.6 Å². The highest BCUT2D eigenvalue weighted by atomic mass is 16.5. The lowest BCUT2D eigenvalue weighted by Gasteiger charge is -2.65. The number of methoxy groups -OCH3 is 1.